The molecule has 0 radical (unpaired) electrons. The Balaban J connectivity index is 2.04. The number of hydrogen-bond donors (Lipinski definition) is 1. The van der Waals surface area contributed by atoms with E-state index < -0.39 is 17.7 Å². The van der Waals surface area contributed by atoms with Gasteiger partial charge in [-0.05, 0) is 63.1 Å². The lowest BCUT2D eigenvalue weighted by Gasteiger charge is -2.30. The van der Waals surface area contributed by atoms with E-state index in [-0.39, 0.29) is 19.0 Å². The van der Waals surface area contributed by atoms with Crippen LogP contribution in [0.2, 0.25) is 0 Å². The molecule has 0 aliphatic carbocycles. The van der Waals surface area contributed by atoms with Gasteiger partial charge in [-0.3, -0.25) is 4.90 Å². The van der Waals surface area contributed by atoms with E-state index in [2.05, 4.69) is 5.16 Å². The Morgan fingerprint density at radius 2 is 1.90 bits per heavy atom. The molecule has 2 rings (SSSR count). The van der Waals surface area contributed by atoms with Gasteiger partial charge in [0.2, 0.25) is 0 Å². The molecule has 1 amide bonds. The monoisotopic (exact) mass is 402 g/mol. The first-order valence-electron chi connectivity index (χ1n) is 9.31. The Labute approximate surface area is 170 Å². The molecular formula is C22H27FN2O4. The molecular weight excluding hydrogens is 375 g/mol. The highest BCUT2D eigenvalue weighted by Crippen LogP contribution is 2.18. The van der Waals surface area contributed by atoms with Gasteiger partial charge in [0, 0.05) is 6.54 Å². The van der Waals surface area contributed by atoms with Gasteiger partial charge >= 0.3 is 6.09 Å². The van der Waals surface area contributed by atoms with E-state index in [4.69, 9.17) is 14.7 Å². The summed E-state index contributed by atoms with van der Waals surface area (Å²) in [5.41, 5.74) is 0.953. The van der Waals surface area contributed by atoms with Crippen molar-refractivity contribution in [2.24, 2.45) is 5.16 Å². The highest BCUT2D eigenvalue weighted by Gasteiger charge is 2.25. The number of carbonyl (C=O) groups excluding carboxylic acids is 1. The predicted molar refractivity (Wildman–Crippen MR) is 109 cm³/mol. The Bertz CT molecular complexity index is 831. The molecule has 6 nitrogen and oxygen atoms in total. The van der Waals surface area contributed by atoms with Crippen molar-refractivity contribution >= 4 is 12.3 Å². The van der Waals surface area contributed by atoms with Crippen LogP contribution in [0, 0.1) is 5.82 Å². The quantitative estimate of drug-likeness (QED) is 0.402. The fourth-order valence-corrected chi connectivity index (χ4v) is 2.55. The summed E-state index contributed by atoms with van der Waals surface area (Å²) >= 11 is 0. The molecule has 0 aliphatic heterocycles. The third kappa shape index (κ3) is 7.44. The first-order valence-corrected chi connectivity index (χ1v) is 9.31. The second-order valence-corrected chi connectivity index (χ2v) is 7.68. The molecule has 7 heteroatoms. The van der Waals surface area contributed by atoms with Crippen molar-refractivity contribution in [1.29, 1.82) is 0 Å². The minimum atomic E-state index is -0.639. The third-order valence-corrected chi connectivity index (χ3v) is 3.97. The fraction of sp³-hybridized carbons (Fsp3) is 0.364. The third-order valence-electron chi connectivity index (χ3n) is 3.97. The van der Waals surface area contributed by atoms with Gasteiger partial charge in [0.25, 0.3) is 0 Å². The average molecular weight is 402 g/mol. The first kappa shape index (κ1) is 22.2. The number of ether oxygens (including phenoxy) is 2. The van der Waals surface area contributed by atoms with Crippen molar-refractivity contribution in [2.45, 2.75) is 52.5 Å². The molecule has 29 heavy (non-hydrogen) atoms. The van der Waals surface area contributed by atoms with E-state index >= 15 is 0 Å². The smallest absolute Gasteiger partial charge is 0.411 e. The van der Waals surface area contributed by atoms with Crippen molar-refractivity contribution in [2.75, 3.05) is 0 Å². The maximum Gasteiger partial charge on any atom is 0.411 e. The largest absolute Gasteiger partial charge is 0.489 e. The van der Waals surface area contributed by atoms with Crippen LogP contribution in [0.15, 0.2) is 53.7 Å². The van der Waals surface area contributed by atoms with E-state index in [1.807, 2.05) is 12.1 Å². The molecule has 0 heterocycles. The molecule has 0 spiro atoms. The summed E-state index contributed by atoms with van der Waals surface area (Å²) in [5, 5.41) is 11.9. The Kier molecular flexibility index (Phi) is 7.59. The van der Waals surface area contributed by atoms with E-state index in [9.17, 15) is 9.18 Å². The minimum absolute atomic E-state index is 0.255. The lowest BCUT2D eigenvalue weighted by atomic mass is 10.1. The van der Waals surface area contributed by atoms with Crippen LogP contribution in [0.4, 0.5) is 9.18 Å². The van der Waals surface area contributed by atoms with Crippen molar-refractivity contribution < 1.29 is 23.9 Å². The lowest BCUT2D eigenvalue weighted by molar-refractivity contribution is 0.0208. The van der Waals surface area contributed by atoms with Gasteiger partial charge in [0.1, 0.15) is 23.8 Å². The van der Waals surface area contributed by atoms with Gasteiger partial charge in [-0.2, -0.15) is 0 Å². The predicted octanol–water partition coefficient (Wildman–Crippen LogP) is 4.99. The molecule has 0 saturated carbocycles. The molecule has 0 bridgehead atoms. The molecule has 0 saturated heterocycles. The zero-order valence-electron chi connectivity index (χ0n) is 17.1. The summed E-state index contributed by atoms with van der Waals surface area (Å²) in [5.74, 6) is 0.330. The van der Waals surface area contributed by atoms with Crippen molar-refractivity contribution in [3.8, 4) is 5.75 Å². The summed E-state index contributed by atoms with van der Waals surface area (Å²) in [6.07, 6.45) is 0.761. The molecule has 2 aromatic carbocycles. The van der Waals surface area contributed by atoms with Crippen molar-refractivity contribution in [3.05, 3.63) is 65.5 Å². The number of rotatable bonds is 7. The minimum Gasteiger partial charge on any atom is -0.489 e. The number of oxime groups is 1. The van der Waals surface area contributed by atoms with Gasteiger partial charge in [-0.1, -0.05) is 29.4 Å². The number of halogens is 1. The van der Waals surface area contributed by atoms with Crippen molar-refractivity contribution in [3.63, 3.8) is 0 Å². The molecule has 0 aliphatic rings. The summed E-state index contributed by atoms with van der Waals surface area (Å²) in [6.45, 7) is 7.63. The van der Waals surface area contributed by atoms with Crippen molar-refractivity contribution in [1.82, 2.24) is 4.90 Å². The maximum atomic E-state index is 13.2. The van der Waals surface area contributed by atoms with Crippen LogP contribution in [-0.4, -0.2) is 34.1 Å². The van der Waals surface area contributed by atoms with Gasteiger partial charge < -0.3 is 14.7 Å². The highest BCUT2D eigenvalue weighted by molar-refractivity contribution is 5.75. The maximum absolute atomic E-state index is 13.2. The Hall–Kier alpha value is -3.09. The SMILES string of the molecule is CC(/C=N/O)N(Cc1ccc(OCc2cccc(F)c2)cc1)C(=O)OC(C)(C)C. The molecule has 0 fully saturated rings. The van der Waals surface area contributed by atoms with E-state index in [1.54, 1.807) is 52.0 Å². The molecule has 2 aromatic rings. The zero-order valence-corrected chi connectivity index (χ0v) is 17.1. The summed E-state index contributed by atoms with van der Waals surface area (Å²) in [7, 11) is 0. The fourth-order valence-electron chi connectivity index (χ4n) is 2.55. The second kappa shape index (κ2) is 9.91. The van der Waals surface area contributed by atoms with Gasteiger partial charge in [-0.15, -0.1) is 0 Å². The number of benzene rings is 2. The summed E-state index contributed by atoms with van der Waals surface area (Å²) in [4.78, 5) is 14.0. The van der Waals surface area contributed by atoms with Gasteiger partial charge in [-0.25, -0.2) is 9.18 Å². The van der Waals surface area contributed by atoms with Crippen LogP contribution in [0.5, 0.6) is 5.75 Å². The van der Waals surface area contributed by atoms with Crippen LogP contribution in [-0.2, 0) is 17.9 Å². The standard InChI is InChI=1S/C22H27FN2O4/c1-16(13-24-27)25(21(26)29-22(2,3)4)14-17-8-10-20(11-9-17)28-15-18-6-5-7-19(23)12-18/h5-13,16,27H,14-15H2,1-4H3/b24-13+. The average Bonchev–Trinajstić information content (AvgIpc) is 2.64. The number of hydrogen-bond acceptors (Lipinski definition) is 5. The van der Waals surface area contributed by atoms with E-state index in [0.29, 0.717) is 5.75 Å². The highest BCUT2D eigenvalue weighted by atomic mass is 19.1. The van der Waals surface area contributed by atoms with E-state index in [1.165, 1.54) is 23.2 Å². The van der Waals surface area contributed by atoms with Crippen LogP contribution in [0.25, 0.3) is 0 Å². The summed E-state index contributed by atoms with van der Waals surface area (Å²) < 4.78 is 24.4. The van der Waals surface area contributed by atoms with Crippen LogP contribution < -0.4 is 4.74 Å². The zero-order chi connectivity index (χ0) is 21.4. The molecule has 1 unspecified atom stereocenters. The van der Waals surface area contributed by atoms with Crippen LogP contribution >= 0.6 is 0 Å². The topological polar surface area (TPSA) is 71.4 Å². The second-order valence-electron chi connectivity index (χ2n) is 7.68. The number of nitrogens with zero attached hydrogens (tertiary/aromatic N) is 2. The Morgan fingerprint density at radius 3 is 2.48 bits per heavy atom. The molecule has 156 valence electrons. The van der Waals surface area contributed by atoms with Gasteiger partial charge in [0.15, 0.2) is 0 Å². The van der Waals surface area contributed by atoms with Crippen LogP contribution in [0.1, 0.15) is 38.8 Å². The normalized spacial score (nSPS) is 12.6. The molecule has 1 N–H and O–H groups in total. The first-order chi connectivity index (χ1) is 13.7. The van der Waals surface area contributed by atoms with E-state index in [0.717, 1.165) is 11.1 Å². The molecule has 0 aromatic heterocycles. The van der Waals surface area contributed by atoms with Gasteiger partial charge in [0.05, 0.1) is 12.3 Å². The molecule has 1 atom stereocenters. The summed E-state index contributed by atoms with van der Waals surface area (Å²) in [6, 6.07) is 13.0. The Morgan fingerprint density at radius 1 is 1.21 bits per heavy atom. The number of amides is 1. The van der Waals surface area contributed by atoms with Crippen LogP contribution in [0.3, 0.4) is 0 Å². The number of carbonyl (C=O) groups is 1. The lowest BCUT2D eigenvalue weighted by Crippen LogP contribution is -2.42.